The Morgan fingerprint density at radius 1 is 1.17 bits per heavy atom. The van der Waals surface area contributed by atoms with Gasteiger partial charge in [-0.2, -0.15) is 0 Å². The molecule has 0 aliphatic rings. The number of nitro benzene ring substituents is 1. The van der Waals surface area contributed by atoms with Crippen molar-refractivity contribution in [1.82, 2.24) is 0 Å². The molecule has 0 saturated carbocycles. The van der Waals surface area contributed by atoms with Gasteiger partial charge in [0.25, 0.3) is 0 Å². The van der Waals surface area contributed by atoms with Gasteiger partial charge in [-0.15, -0.1) is 0 Å². The average Bonchev–Trinajstić information content (AvgIpc) is 2.47. The number of hydrogen-bond donors (Lipinski definition) is 0. The molecular formula is C16H19NO6. The van der Waals surface area contributed by atoms with Crippen LogP contribution < -0.4 is 4.74 Å². The molecule has 0 fully saturated rings. The summed E-state index contributed by atoms with van der Waals surface area (Å²) < 4.78 is 9.91. The molecule has 7 heteroatoms. The number of nitro groups is 1. The Morgan fingerprint density at radius 2 is 1.83 bits per heavy atom. The maximum atomic E-state index is 11.7. The van der Waals surface area contributed by atoms with Gasteiger partial charge in [-0.05, 0) is 32.4 Å². The van der Waals surface area contributed by atoms with Crippen LogP contribution in [0.15, 0.2) is 35.9 Å². The Morgan fingerprint density at radius 3 is 2.48 bits per heavy atom. The van der Waals surface area contributed by atoms with Gasteiger partial charge in [-0.1, -0.05) is 17.7 Å². The third-order valence-corrected chi connectivity index (χ3v) is 2.78. The van der Waals surface area contributed by atoms with Gasteiger partial charge >= 0.3 is 17.6 Å². The first-order chi connectivity index (χ1) is 10.9. The maximum Gasteiger partial charge on any atom is 0.311 e. The molecule has 0 heterocycles. The summed E-state index contributed by atoms with van der Waals surface area (Å²) in [6.07, 6.45) is 2.10. The van der Waals surface area contributed by atoms with Crippen molar-refractivity contribution in [3.05, 3.63) is 46.0 Å². The van der Waals surface area contributed by atoms with Crippen LogP contribution in [-0.2, 0) is 14.3 Å². The van der Waals surface area contributed by atoms with Crippen LogP contribution in [0.25, 0.3) is 0 Å². The number of para-hydroxylation sites is 2. The fraction of sp³-hybridized carbons (Fsp3) is 0.375. The molecule has 0 aliphatic heterocycles. The van der Waals surface area contributed by atoms with Gasteiger partial charge in [-0.25, -0.2) is 0 Å². The van der Waals surface area contributed by atoms with E-state index in [-0.39, 0.29) is 37.3 Å². The Labute approximate surface area is 134 Å². The molecule has 0 atom stereocenters. The number of benzene rings is 1. The van der Waals surface area contributed by atoms with E-state index in [4.69, 9.17) is 9.47 Å². The maximum absolute atomic E-state index is 11.7. The van der Waals surface area contributed by atoms with Crippen molar-refractivity contribution in [3.8, 4) is 5.75 Å². The molecule has 0 saturated heterocycles. The lowest BCUT2D eigenvalue weighted by Crippen LogP contribution is -2.11. The summed E-state index contributed by atoms with van der Waals surface area (Å²) in [4.78, 5) is 33.3. The third-order valence-electron chi connectivity index (χ3n) is 2.78. The lowest BCUT2D eigenvalue weighted by molar-refractivity contribution is -0.385. The summed E-state index contributed by atoms with van der Waals surface area (Å²) >= 11 is 0. The van der Waals surface area contributed by atoms with Gasteiger partial charge in [0.05, 0.1) is 4.92 Å². The van der Waals surface area contributed by atoms with E-state index in [1.54, 1.807) is 6.08 Å². The highest BCUT2D eigenvalue weighted by molar-refractivity contribution is 5.75. The molecule has 0 bridgehead atoms. The number of esters is 2. The number of rotatable bonds is 8. The van der Waals surface area contributed by atoms with Crippen molar-refractivity contribution >= 4 is 17.6 Å². The Balaban J connectivity index is 2.37. The zero-order valence-corrected chi connectivity index (χ0v) is 13.1. The van der Waals surface area contributed by atoms with E-state index in [0.29, 0.717) is 0 Å². The molecule has 0 amide bonds. The summed E-state index contributed by atoms with van der Waals surface area (Å²) in [6.45, 7) is 4.00. The van der Waals surface area contributed by atoms with Gasteiger partial charge in [0.2, 0.25) is 5.75 Å². The van der Waals surface area contributed by atoms with E-state index in [1.807, 2.05) is 13.8 Å². The third kappa shape index (κ3) is 7.21. The summed E-state index contributed by atoms with van der Waals surface area (Å²) in [6, 6.07) is 5.63. The number of ether oxygens (including phenoxy) is 2. The van der Waals surface area contributed by atoms with Crippen LogP contribution in [0.4, 0.5) is 5.69 Å². The number of hydrogen-bond acceptors (Lipinski definition) is 6. The van der Waals surface area contributed by atoms with Crippen molar-refractivity contribution < 1.29 is 24.0 Å². The smallest absolute Gasteiger partial charge is 0.311 e. The van der Waals surface area contributed by atoms with Gasteiger partial charge < -0.3 is 9.47 Å². The molecule has 0 radical (unpaired) electrons. The summed E-state index contributed by atoms with van der Waals surface area (Å²) in [5, 5.41) is 10.8. The lowest BCUT2D eigenvalue weighted by atomic mass is 10.2. The van der Waals surface area contributed by atoms with Crippen molar-refractivity contribution in [2.24, 2.45) is 0 Å². The highest BCUT2D eigenvalue weighted by atomic mass is 16.6. The molecule has 0 spiro atoms. The van der Waals surface area contributed by atoms with Crippen molar-refractivity contribution in [1.29, 1.82) is 0 Å². The number of carbonyl (C=O) groups excluding carboxylic acids is 2. The molecular weight excluding hydrogens is 302 g/mol. The fourth-order valence-corrected chi connectivity index (χ4v) is 1.62. The first-order valence-corrected chi connectivity index (χ1v) is 7.13. The molecule has 0 aliphatic carbocycles. The molecule has 124 valence electrons. The van der Waals surface area contributed by atoms with Crippen LogP contribution in [0.1, 0.15) is 33.1 Å². The standard InChI is InChI=1S/C16H19NO6/c1-12(2)10-11-22-15(18)8-5-9-16(19)23-14-7-4-3-6-13(14)17(20)21/h3-4,6-7,10H,5,8-9,11H2,1-2H3. The number of nitrogens with zero attached hydrogens (tertiary/aromatic N) is 1. The van der Waals surface area contributed by atoms with Crippen molar-refractivity contribution in [2.75, 3.05) is 6.61 Å². The van der Waals surface area contributed by atoms with E-state index in [9.17, 15) is 19.7 Å². The second-order valence-electron chi connectivity index (χ2n) is 5.02. The van der Waals surface area contributed by atoms with Gasteiger partial charge in [0, 0.05) is 18.9 Å². The summed E-state index contributed by atoms with van der Waals surface area (Å²) in [5.41, 5.74) is 0.771. The summed E-state index contributed by atoms with van der Waals surface area (Å²) in [7, 11) is 0. The quantitative estimate of drug-likeness (QED) is 0.240. The number of allylic oxidation sites excluding steroid dienone is 1. The molecule has 1 rings (SSSR count). The summed E-state index contributed by atoms with van der Waals surface area (Å²) in [5.74, 6) is -1.13. The highest BCUT2D eigenvalue weighted by Gasteiger charge is 2.17. The first-order valence-electron chi connectivity index (χ1n) is 7.13. The van der Waals surface area contributed by atoms with Crippen molar-refractivity contribution in [2.45, 2.75) is 33.1 Å². The van der Waals surface area contributed by atoms with E-state index in [0.717, 1.165) is 5.57 Å². The Bertz CT molecular complexity index is 604. The van der Waals surface area contributed by atoms with E-state index in [2.05, 4.69) is 0 Å². The van der Waals surface area contributed by atoms with E-state index in [1.165, 1.54) is 24.3 Å². The zero-order chi connectivity index (χ0) is 17.2. The predicted octanol–water partition coefficient (Wildman–Crippen LogP) is 3.18. The van der Waals surface area contributed by atoms with Crippen molar-refractivity contribution in [3.63, 3.8) is 0 Å². The second kappa shape index (κ2) is 9.34. The average molecular weight is 321 g/mol. The molecule has 23 heavy (non-hydrogen) atoms. The topological polar surface area (TPSA) is 95.7 Å². The Kier molecular flexibility index (Phi) is 7.45. The second-order valence-corrected chi connectivity index (χ2v) is 5.02. The largest absolute Gasteiger partial charge is 0.461 e. The fourth-order valence-electron chi connectivity index (χ4n) is 1.62. The predicted molar refractivity (Wildman–Crippen MR) is 83.0 cm³/mol. The minimum atomic E-state index is -0.628. The highest BCUT2D eigenvalue weighted by Crippen LogP contribution is 2.26. The van der Waals surface area contributed by atoms with E-state index >= 15 is 0 Å². The van der Waals surface area contributed by atoms with Crippen LogP contribution in [0.2, 0.25) is 0 Å². The minimum absolute atomic E-state index is 0.0240. The molecule has 1 aromatic carbocycles. The zero-order valence-electron chi connectivity index (χ0n) is 13.1. The molecule has 0 aromatic heterocycles. The normalized spacial score (nSPS) is 9.83. The van der Waals surface area contributed by atoms with Crippen LogP contribution in [-0.4, -0.2) is 23.5 Å². The van der Waals surface area contributed by atoms with Crippen LogP contribution in [0.3, 0.4) is 0 Å². The molecule has 1 aromatic rings. The van der Waals surface area contributed by atoms with E-state index < -0.39 is 16.9 Å². The van der Waals surface area contributed by atoms with Crippen LogP contribution in [0, 0.1) is 10.1 Å². The van der Waals surface area contributed by atoms with Crippen LogP contribution in [0.5, 0.6) is 5.75 Å². The van der Waals surface area contributed by atoms with Gasteiger partial charge in [0.15, 0.2) is 0 Å². The monoisotopic (exact) mass is 321 g/mol. The minimum Gasteiger partial charge on any atom is -0.461 e. The van der Waals surface area contributed by atoms with Gasteiger partial charge in [-0.3, -0.25) is 19.7 Å². The first kappa shape index (κ1) is 18.3. The van der Waals surface area contributed by atoms with Crippen LogP contribution >= 0.6 is 0 Å². The molecule has 0 unspecified atom stereocenters. The lowest BCUT2D eigenvalue weighted by Gasteiger charge is -2.05. The Hall–Kier alpha value is -2.70. The number of carbonyl (C=O) groups is 2. The molecule has 7 nitrogen and oxygen atoms in total. The molecule has 0 N–H and O–H groups in total. The SMILES string of the molecule is CC(C)=CCOC(=O)CCCC(=O)Oc1ccccc1[N+](=O)[O-]. The van der Waals surface area contributed by atoms with Gasteiger partial charge in [0.1, 0.15) is 6.61 Å².